The molecule has 1 N–H and O–H groups in total. The van der Waals surface area contributed by atoms with E-state index in [4.69, 9.17) is 0 Å². The zero-order valence-electron chi connectivity index (χ0n) is 12.0. The zero-order chi connectivity index (χ0) is 13.1. The van der Waals surface area contributed by atoms with Gasteiger partial charge in [0.1, 0.15) is 0 Å². The van der Waals surface area contributed by atoms with Crippen LogP contribution < -0.4 is 10.2 Å². The van der Waals surface area contributed by atoms with Crippen LogP contribution in [0.25, 0.3) is 0 Å². The van der Waals surface area contributed by atoms with E-state index in [-0.39, 0.29) is 0 Å². The van der Waals surface area contributed by atoms with Gasteiger partial charge in [-0.3, -0.25) is 0 Å². The normalized spacial score (nSPS) is 17.3. The Kier molecular flexibility index (Phi) is 4.12. The average Bonchev–Trinajstić information content (AvgIpc) is 2.38. The molecule has 18 heavy (non-hydrogen) atoms. The molecule has 0 amide bonds. The second-order valence-electron chi connectivity index (χ2n) is 5.45. The number of nitrogens with zero attached hydrogens (tertiary/aromatic N) is 2. The molecule has 1 fully saturated rings. The quantitative estimate of drug-likeness (QED) is 0.885. The number of hydrogen-bond acceptors (Lipinski definition) is 3. The molecule has 0 bridgehead atoms. The molecule has 0 aliphatic carbocycles. The Morgan fingerprint density at radius 2 is 1.89 bits per heavy atom. The van der Waals surface area contributed by atoms with Crippen molar-refractivity contribution in [2.45, 2.75) is 25.8 Å². The summed E-state index contributed by atoms with van der Waals surface area (Å²) in [5, 5.41) is 3.32. The molecule has 0 spiro atoms. The fourth-order valence-corrected chi connectivity index (χ4v) is 2.75. The molecule has 1 saturated heterocycles. The van der Waals surface area contributed by atoms with Crippen molar-refractivity contribution in [3.05, 3.63) is 23.8 Å². The van der Waals surface area contributed by atoms with Crippen LogP contribution in [0.4, 0.5) is 11.4 Å². The predicted molar refractivity (Wildman–Crippen MR) is 79.6 cm³/mol. The minimum atomic E-state index is 0.740. The van der Waals surface area contributed by atoms with E-state index in [0.717, 1.165) is 19.1 Å². The van der Waals surface area contributed by atoms with Crippen LogP contribution in [0.15, 0.2) is 18.2 Å². The Morgan fingerprint density at radius 1 is 1.22 bits per heavy atom. The highest BCUT2D eigenvalue weighted by Gasteiger charge is 2.21. The Bertz CT molecular complexity index is 393. The van der Waals surface area contributed by atoms with Crippen LogP contribution in [0, 0.1) is 6.92 Å². The Morgan fingerprint density at radius 3 is 2.44 bits per heavy atom. The van der Waals surface area contributed by atoms with Crippen LogP contribution >= 0.6 is 0 Å². The Labute approximate surface area is 111 Å². The van der Waals surface area contributed by atoms with Gasteiger partial charge in [0.15, 0.2) is 0 Å². The average molecular weight is 247 g/mol. The summed E-state index contributed by atoms with van der Waals surface area (Å²) in [6.45, 7) is 4.45. The maximum absolute atomic E-state index is 3.32. The molecule has 1 aromatic rings. The summed E-state index contributed by atoms with van der Waals surface area (Å²) >= 11 is 0. The van der Waals surface area contributed by atoms with Crippen molar-refractivity contribution < 1.29 is 0 Å². The first-order chi connectivity index (χ1) is 8.61. The molecular formula is C15H25N3. The van der Waals surface area contributed by atoms with E-state index in [2.05, 4.69) is 54.3 Å². The van der Waals surface area contributed by atoms with Crippen molar-refractivity contribution in [1.82, 2.24) is 4.90 Å². The Balaban J connectivity index is 2.09. The highest BCUT2D eigenvalue weighted by molar-refractivity contribution is 5.71. The van der Waals surface area contributed by atoms with E-state index in [1.807, 2.05) is 7.05 Å². The van der Waals surface area contributed by atoms with Crippen molar-refractivity contribution in [1.29, 1.82) is 0 Å². The van der Waals surface area contributed by atoms with Gasteiger partial charge in [0, 0.05) is 26.2 Å². The lowest BCUT2D eigenvalue weighted by Gasteiger charge is -2.37. The summed E-state index contributed by atoms with van der Waals surface area (Å²) in [4.78, 5) is 4.86. The molecule has 0 radical (unpaired) electrons. The summed E-state index contributed by atoms with van der Waals surface area (Å²) in [5.74, 6) is 0. The monoisotopic (exact) mass is 247 g/mol. The smallest absolute Gasteiger partial charge is 0.0602 e. The molecule has 3 heteroatoms. The number of rotatable bonds is 3. The van der Waals surface area contributed by atoms with Crippen LogP contribution in [0.2, 0.25) is 0 Å². The topological polar surface area (TPSA) is 18.5 Å². The lowest BCUT2D eigenvalue weighted by Crippen LogP contribution is -2.42. The van der Waals surface area contributed by atoms with Crippen molar-refractivity contribution in [2.75, 3.05) is 44.4 Å². The number of hydrogen-bond donors (Lipinski definition) is 1. The highest BCUT2D eigenvalue weighted by Crippen LogP contribution is 2.29. The van der Waals surface area contributed by atoms with E-state index >= 15 is 0 Å². The molecule has 1 aromatic carbocycles. The maximum atomic E-state index is 3.32. The van der Waals surface area contributed by atoms with Crippen LogP contribution in [0.1, 0.15) is 18.4 Å². The number of benzene rings is 1. The summed E-state index contributed by atoms with van der Waals surface area (Å²) in [5.41, 5.74) is 3.91. The molecule has 1 aliphatic heterocycles. The summed E-state index contributed by atoms with van der Waals surface area (Å²) in [7, 11) is 6.38. The van der Waals surface area contributed by atoms with Gasteiger partial charge < -0.3 is 15.1 Å². The minimum absolute atomic E-state index is 0.740. The maximum Gasteiger partial charge on any atom is 0.0602 e. The summed E-state index contributed by atoms with van der Waals surface area (Å²) < 4.78 is 0. The first-order valence-corrected chi connectivity index (χ1v) is 6.81. The first kappa shape index (κ1) is 13.2. The lowest BCUT2D eigenvalue weighted by atomic mass is 10.0. The van der Waals surface area contributed by atoms with E-state index in [1.54, 1.807) is 0 Å². The van der Waals surface area contributed by atoms with Gasteiger partial charge >= 0.3 is 0 Å². The molecule has 3 nitrogen and oxygen atoms in total. The highest BCUT2D eigenvalue weighted by atomic mass is 15.2. The number of nitrogens with one attached hydrogen (secondary N) is 1. The largest absolute Gasteiger partial charge is 0.386 e. The van der Waals surface area contributed by atoms with Crippen molar-refractivity contribution in [3.63, 3.8) is 0 Å². The third-order valence-electron chi connectivity index (χ3n) is 3.96. The van der Waals surface area contributed by atoms with E-state index in [0.29, 0.717) is 0 Å². The van der Waals surface area contributed by atoms with Gasteiger partial charge in [0.25, 0.3) is 0 Å². The van der Waals surface area contributed by atoms with Gasteiger partial charge in [-0.25, -0.2) is 0 Å². The van der Waals surface area contributed by atoms with E-state index in [1.165, 1.54) is 29.8 Å². The molecule has 100 valence electrons. The van der Waals surface area contributed by atoms with Crippen molar-refractivity contribution >= 4 is 11.4 Å². The lowest BCUT2D eigenvalue weighted by molar-refractivity contribution is 0.250. The van der Waals surface area contributed by atoms with Gasteiger partial charge in [-0.15, -0.1) is 0 Å². The molecule has 2 rings (SSSR count). The first-order valence-electron chi connectivity index (χ1n) is 6.81. The van der Waals surface area contributed by atoms with E-state index < -0.39 is 0 Å². The van der Waals surface area contributed by atoms with Gasteiger partial charge in [-0.1, -0.05) is 6.07 Å². The number of piperidine rings is 1. The second kappa shape index (κ2) is 5.61. The van der Waals surface area contributed by atoms with E-state index in [9.17, 15) is 0 Å². The van der Waals surface area contributed by atoms with Gasteiger partial charge in [0.2, 0.25) is 0 Å². The standard InChI is InChI=1S/C15H25N3/c1-12-5-6-15(14(11-12)16-2)18-9-7-13(8-10-18)17(3)4/h5-6,11,13,16H,7-10H2,1-4H3. The number of anilines is 2. The molecular weight excluding hydrogens is 222 g/mol. The second-order valence-corrected chi connectivity index (χ2v) is 5.45. The van der Waals surface area contributed by atoms with Crippen LogP contribution in [-0.4, -0.2) is 45.2 Å². The third kappa shape index (κ3) is 2.78. The molecule has 1 aliphatic rings. The Hall–Kier alpha value is -1.22. The fourth-order valence-electron chi connectivity index (χ4n) is 2.75. The fraction of sp³-hybridized carbons (Fsp3) is 0.600. The van der Waals surface area contributed by atoms with Gasteiger partial charge in [0.05, 0.1) is 11.4 Å². The molecule has 0 unspecified atom stereocenters. The van der Waals surface area contributed by atoms with Crippen LogP contribution in [-0.2, 0) is 0 Å². The van der Waals surface area contributed by atoms with Crippen molar-refractivity contribution in [3.8, 4) is 0 Å². The molecule has 0 aromatic heterocycles. The predicted octanol–water partition coefficient (Wildman–Crippen LogP) is 2.57. The summed E-state index contributed by atoms with van der Waals surface area (Å²) in [6.07, 6.45) is 2.51. The number of aryl methyl sites for hydroxylation is 1. The SMILES string of the molecule is CNc1cc(C)ccc1N1CCC(N(C)C)CC1. The van der Waals surface area contributed by atoms with Crippen molar-refractivity contribution in [2.24, 2.45) is 0 Å². The minimum Gasteiger partial charge on any atom is -0.386 e. The zero-order valence-corrected chi connectivity index (χ0v) is 12.0. The third-order valence-corrected chi connectivity index (χ3v) is 3.96. The molecule has 1 heterocycles. The summed E-state index contributed by atoms with van der Waals surface area (Å²) in [6, 6.07) is 7.42. The van der Waals surface area contributed by atoms with Crippen LogP contribution in [0.3, 0.4) is 0 Å². The van der Waals surface area contributed by atoms with Gasteiger partial charge in [-0.2, -0.15) is 0 Å². The van der Waals surface area contributed by atoms with Crippen LogP contribution in [0.5, 0.6) is 0 Å². The molecule has 0 atom stereocenters. The van der Waals surface area contributed by atoms with Gasteiger partial charge in [-0.05, 0) is 51.6 Å². The molecule has 0 saturated carbocycles.